The summed E-state index contributed by atoms with van der Waals surface area (Å²) in [5, 5.41) is 11.0. The van der Waals surface area contributed by atoms with Gasteiger partial charge in [0.2, 0.25) is 5.91 Å². The molecule has 1 amide bonds. The molecule has 1 heterocycles. The van der Waals surface area contributed by atoms with Gasteiger partial charge in [0, 0.05) is 18.2 Å². The molecule has 0 spiro atoms. The number of amides is 1. The van der Waals surface area contributed by atoms with Crippen LogP contribution in [0.4, 0.5) is 18.9 Å². The number of para-hydroxylation sites is 1. The normalized spacial score (nSPS) is 20.8. The van der Waals surface area contributed by atoms with Crippen LogP contribution in [-0.2, 0) is 16.1 Å². The Morgan fingerprint density at radius 2 is 2.08 bits per heavy atom. The van der Waals surface area contributed by atoms with E-state index in [-0.39, 0.29) is 11.3 Å². The maximum atomic E-state index is 12.9. The first kappa shape index (κ1) is 18.2. The summed E-state index contributed by atoms with van der Waals surface area (Å²) in [5.74, 6) is -1.37. The van der Waals surface area contributed by atoms with Crippen LogP contribution in [-0.4, -0.2) is 41.2 Å². The van der Waals surface area contributed by atoms with Gasteiger partial charge in [-0.1, -0.05) is 18.2 Å². The lowest BCUT2D eigenvalue weighted by atomic mass is 10.0. The molecule has 1 aromatic rings. The fourth-order valence-electron chi connectivity index (χ4n) is 2.75. The lowest BCUT2D eigenvalue weighted by Crippen LogP contribution is -2.43. The molecule has 6 nitrogen and oxygen atoms in total. The van der Waals surface area contributed by atoms with Crippen molar-refractivity contribution in [2.75, 3.05) is 13.2 Å². The SMILES string of the molecule is C[C@@H]1OCC[C@H]1C(=O)N(Cc1ccccc1[N+](=O)[O-])CC(F)(F)F. The number of carbonyl (C=O) groups excluding carboxylic acids is 1. The van der Waals surface area contributed by atoms with Crippen LogP contribution in [0.5, 0.6) is 0 Å². The van der Waals surface area contributed by atoms with Gasteiger partial charge >= 0.3 is 6.18 Å². The molecule has 132 valence electrons. The van der Waals surface area contributed by atoms with E-state index in [0.717, 1.165) is 0 Å². The van der Waals surface area contributed by atoms with E-state index in [4.69, 9.17) is 4.74 Å². The minimum atomic E-state index is -4.60. The van der Waals surface area contributed by atoms with E-state index in [1.54, 1.807) is 6.92 Å². The van der Waals surface area contributed by atoms with Crippen LogP contribution in [0, 0.1) is 16.0 Å². The van der Waals surface area contributed by atoms with Crippen molar-refractivity contribution in [1.29, 1.82) is 0 Å². The Morgan fingerprint density at radius 3 is 2.62 bits per heavy atom. The van der Waals surface area contributed by atoms with Gasteiger partial charge in [-0.2, -0.15) is 13.2 Å². The molecule has 1 saturated heterocycles. The number of alkyl halides is 3. The molecule has 9 heteroatoms. The molecule has 0 bridgehead atoms. The third-order valence-corrected chi connectivity index (χ3v) is 3.92. The summed E-state index contributed by atoms with van der Waals surface area (Å²) >= 11 is 0. The Balaban J connectivity index is 2.27. The molecule has 1 fully saturated rings. The minimum absolute atomic E-state index is 0.0617. The zero-order valence-corrected chi connectivity index (χ0v) is 13.0. The Bertz CT molecular complexity index is 621. The minimum Gasteiger partial charge on any atom is -0.378 e. The number of halogens is 3. The van der Waals surface area contributed by atoms with Gasteiger partial charge in [0.05, 0.1) is 23.5 Å². The molecular formula is C15H17F3N2O4. The largest absolute Gasteiger partial charge is 0.406 e. The summed E-state index contributed by atoms with van der Waals surface area (Å²) in [5.41, 5.74) is -0.250. The van der Waals surface area contributed by atoms with Gasteiger partial charge in [0.1, 0.15) is 6.54 Å². The lowest BCUT2D eigenvalue weighted by Gasteiger charge is -2.27. The molecule has 0 unspecified atom stereocenters. The Labute approximate surface area is 136 Å². The van der Waals surface area contributed by atoms with E-state index in [1.165, 1.54) is 24.3 Å². The standard InChI is InChI=1S/C15H17F3N2O4/c1-10-12(6-7-24-10)14(21)19(9-15(16,17)18)8-11-4-2-3-5-13(11)20(22)23/h2-5,10,12H,6-9H2,1H3/t10-,12+/m0/s1. The maximum Gasteiger partial charge on any atom is 0.406 e. The van der Waals surface area contributed by atoms with Gasteiger partial charge in [-0.15, -0.1) is 0 Å². The topological polar surface area (TPSA) is 72.7 Å². The Kier molecular flexibility index (Phi) is 5.43. The molecule has 1 aromatic carbocycles. The van der Waals surface area contributed by atoms with Crippen LogP contribution in [0.1, 0.15) is 18.9 Å². The first-order valence-corrected chi connectivity index (χ1v) is 7.38. The lowest BCUT2D eigenvalue weighted by molar-refractivity contribution is -0.385. The molecule has 1 aliphatic rings. The molecule has 2 rings (SSSR count). The van der Waals surface area contributed by atoms with E-state index in [9.17, 15) is 28.1 Å². The van der Waals surface area contributed by atoms with E-state index in [1.807, 2.05) is 0 Å². The maximum absolute atomic E-state index is 12.9. The van der Waals surface area contributed by atoms with Crippen molar-refractivity contribution in [3.8, 4) is 0 Å². The molecular weight excluding hydrogens is 329 g/mol. The zero-order valence-electron chi connectivity index (χ0n) is 13.0. The zero-order chi connectivity index (χ0) is 17.9. The number of nitrogens with zero attached hydrogens (tertiary/aromatic N) is 2. The van der Waals surface area contributed by atoms with Gasteiger partial charge in [-0.05, 0) is 13.3 Å². The van der Waals surface area contributed by atoms with Crippen LogP contribution in [0.2, 0.25) is 0 Å². The molecule has 0 N–H and O–H groups in total. The number of rotatable bonds is 5. The van der Waals surface area contributed by atoms with Gasteiger partial charge < -0.3 is 9.64 Å². The summed E-state index contributed by atoms with van der Waals surface area (Å²) < 4.78 is 43.8. The highest BCUT2D eigenvalue weighted by molar-refractivity contribution is 5.80. The van der Waals surface area contributed by atoms with Crippen molar-refractivity contribution in [3.63, 3.8) is 0 Å². The second-order valence-corrected chi connectivity index (χ2v) is 5.67. The number of ether oxygens (including phenoxy) is 1. The van der Waals surface area contributed by atoms with Crippen molar-refractivity contribution in [3.05, 3.63) is 39.9 Å². The van der Waals surface area contributed by atoms with E-state index < -0.39 is 42.1 Å². The van der Waals surface area contributed by atoms with Gasteiger partial charge in [0.25, 0.3) is 5.69 Å². The molecule has 0 aromatic heterocycles. The monoisotopic (exact) mass is 346 g/mol. The third kappa shape index (κ3) is 4.44. The van der Waals surface area contributed by atoms with Crippen molar-refractivity contribution in [2.45, 2.75) is 32.2 Å². The number of carbonyl (C=O) groups is 1. The van der Waals surface area contributed by atoms with Crippen molar-refractivity contribution >= 4 is 11.6 Å². The predicted molar refractivity (Wildman–Crippen MR) is 78.1 cm³/mol. The summed E-state index contributed by atoms with van der Waals surface area (Å²) in [6.07, 6.45) is -4.73. The van der Waals surface area contributed by atoms with E-state index in [2.05, 4.69) is 0 Å². The third-order valence-electron chi connectivity index (χ3n) is 3.92. The number of hydrogen-bond donors (Lipinski definition) is 0. The first-order chi connectivity index (χ1) is 11.2. The smallest absolute Gasteiger partial charge is 0.378 e. The van der Waals surface area contributed by atoms with Crippen LogP contribution < -0.4 is 0 Å². The van der Waals surface area contributed by atoms with Gasteiger partial charge in [-0.25, -0.2) is 0 Å². The van der Waals surface area contributed by atoms with Crippen LogP contribution in [0.25, 0.3) is 0 Å². The molecule has 0 radical (unpaired) electrons. The quantitative estimate of drug-likeness (QED) is 0.607. The summed E-state index contributed by atoms with van der Waals surface area (Å²) in [4.78, 5) is 23.5. The number of nitro benzene ring substituents is 1. The number of hydrogen-bond acceptors (Lipinski definition) is 4. The highest BCUT2D eigenvalue weighted by Gasteiger charge is 2.39. The second kappa shape index (κ2) is 7.16. The second-order valence-electron chi connectivity index (χ2n) is 5.67. The highest BCUT2D eigenvalue weighted by Crippen LogP contribution is 2.28. The number of nitro groups is 1. The van der Waals surface area contributed by atoms with Crippen LogP contribution in [0.3, 0.4) is 0 Å². The predicted octanol–water partition coefficient (Wildman–Crippen LogP) is 2.91. The summed E-state index contributed by atoms with van der Waals surface area (Å²) in [6, 6.07) is 5.46. The fourth-order valence-corrected chi connectivity index (χ4v) is 2.75. The van der Waals surface area contributed by atoms with Crippen molar-refractivity contribution in [2.24, 2.45) is 5.92 Å². The Hall–Kier alpha value is -2.16. The molecule has 1 aliphatic heterocycles. The molecule has 0 saturated carbocycles. The number of benzene rings is 1. The molecule has 24 heavy (non-hydrogen) atoms. The van der Waals surface area contributed by atoms with Crippen molar-refractivity contribution in [1.82, 2.24) is 4.90 Å². The highest BCUT2D eigenvalue weighted by atomic mass is 19.4. The Morgan fingerprint density at radius 1 is 1.42 bits per heavy atom. The van der Waals surface area contributed by atoms with Gasteiger partial charge in [0.15, 0.2) is 0 Å². The first-order valence-electron chi connectivity index (χ1n) is 7.38. The van der Waals surface area contributed by atoms with Crippen molar-refractivity contribution < 1.29 is 27.6 Å². The molecule has 2 atom stereocenters. The summed E-state index contributed by atoms with van der Waals surface area (Å²) in [7, 11) is 0. The summed E-state index contributed by atoms with van der Waals surface area (Å²) in [6.45, 7) is 0.00897. The average Bonchev–Trinajstić information content (AvgIpc) is 2.91. The molecule has 0 aliphatic carbocycles. The van der Waals surface area contributed by atoms with E-state index >= 15 is 0 Å². The van der Waals surface area contributed by atoms with E-state index in [0.29, 0.717) is 17.9 Å². The fraction of sp³-hybridized carbons (Fsp3) is 0.533. The van der Waals surface area contributed by atoms with Gasteiger partial charge in [-0.3, -0.25) is 14.9 Å². The average molecular weight is 346 g/mol. The van der Waals surface area contributed by atoms with Crippen LogP contribution in [0.15, 0.2) is 24.3 Å². The van der Waals surface area contributed by atoms with Crippen LogP contribution >= 0.6 is 0 Å².